The fourth-order valence-electron chi connectivity index (χ4n) is 1.49. The van der Waals surface area contributed by atoms with Crippen molar-refractivity contribution in [2.75, 3.05) is 12.9 Å². The Kier molecular flexibility index (Phi) is 3.60. The van der Waals surface area contributed by atoms with E-state index in [-0.39, 0.29) is 23.2 Å². The average Bonchev–Trinajstić information content (AvgIpc) is 2.18. The lowest BCUT2D eigenvalue weighted by atomic mass is 10.00. The van der Waals surface area contributed by atoms with Crippen LogP contribution in [0.2, 0.25) is 0 Å². The SMILES string of the molecule is Cc1cc(S(C)(=O)=O)c(C(C)CO)cc1O. The maximum absolute atomic E-state index is 11.6. The summed E-state index contributed by atoms with van der Waals surface area (Å²) >= 11 is 0. The Morgan fingerprint density at radius 2 is 1.94 bits per heavy atom. The van der Waals surface area contributed by atoms with E-state index in [9.17, 15) is 13.5 Å². The van der Waals surface area contributed by atoms with Crippen LogP contribution in [0.15, 0.2) is 17.0 Å². The minimum Gasteiger partial charge on any atom is -0.508 e. The predicted molar refractivity (Wildman–Crippen MR) is 61.5 cm³/mol. The third-order valence-corrected chi connectivity index (χ3v) is 3.69. The molecule has 4 nitrogen and oxygen atoms in total. The van der Waals surface area contributed by atoms with Gasteiger partial charge in [0.15, 0.2) is 9.84 Å². The second-order valence-corrected chi connectivity index (χ2v) is 6.02. The molecule has 5 heteroatoms. The summed E-state index contributed by atoms with van der Waals surface area (Å²) in [5.41, 5.74) is 0.961. The minimum atomic E-state index is -3.35. The third-order valence-electron chi connectivity index (χ3n) is 2.53. The molecule has 0 aromatic heterocycles. The van der Waals surface area contributed by atoms with E-state index in [0.717, 1.165) is 6.26 Å². The zero-order valence-corrected chi connectivity index (χ0v) is 10.4. The monoisotopic (exact) mass is 244 g/mol. The lowest BCUT2D eigenvalue weighted by Crippen LogP contribution is -2.08. The van der Waals surface area contributed by atoms with E-state index < -0.39 is 9.84 Å². The number of aliphatic hydroxyl groups is 1. The summed E-state index contributed by atoms with van der Waals surface area (Å²) in [6, 6.07) is 2.85. The van der Waals surface area contributed by atoms with Gasteiger partial charge in [-0.15, -0.1) is 0 Å². The summed E-state index contributed by atoms with van der Waals surface area (Å²) in [4.78, 5) is 0.171. The van der Waals surface area contributed by atoms with E-state index in [1.807, 2.05) is 0 Å². The number of hydrogen-bond acceptors (Lipinski definition) is 4. The number of phenols is 1. The van der Waals surface area contributed by atoms with E-state index in [1.54, 1.807) is 13.8 Å². The van der Waals surface area contributed by atoms with E-state index in [2.05, 4.69) is 0 Å². The van der Waals surface area contributed by atoms with Gasteiger partial charge in [-0.1, -0.05) is 6.92 Å². The van der Waals surface area contributed by atoms with Gasteiger partial charge in [-0.05, 0) is 30.2 Å². The molecular weight excluding hydrogens is 228 g/mol. The summed E-state index contributed by atoms with van der Waals surface area (Å²) in [5.74, 6) is -0.279. The van der Waals surface area contributed by atoms with Crippen LogP contribution in [0.25, 0.3) is 0 Å². The van der Waals surface area contributed by atoms with Crippen molar-refractivity contribution in [2.45, 2.75) is 24.7 Å². The van der Waals surface area contributed by atoms with Gasteiger partial charge in [0.2, 0.25) is 0 Å². The van der Waals surface area contributed by atoms with Crippen LogP contribution in [-0.2, 0) is 9.84 Å². The number of sulfone groups is 1. The van der Waals surface area contributed by atoms with Gasteiger partial charge in [-0.25, -0.2) is 8.42 Å². The predicted octanol–water partition coefficient (Wildman–Crippen LogP) is 1.20. The maximum atomic E-state index is 11.6. The summed E-state index contributed by atoms with van der Waals surface area (Å²) in [7, 11) is -3.35. The topological polar surface area (TPSA) is 74.6 Å². The first kappa shape index (κ1) is 13.0. The minimum absolute atomic E-state index is 0.0442. The van der Waals surface area contributed by atoms with Crippen LogP contribution in [0, 0.1) is 6.92 Å². The van der Waals surface area contributed by atoms with E-state index >= 15 is 0 Å². The molecule has 1 atom stereocenters. The fourth-order valence-corrected chi connectivity index (χ4v) is 2.57. The van der Waals surface area contributed by atoms with Crippen molar-refractivity contribution in [3.05, 3.63) is 23.3 Å². The van der Waals surface area contributed by atoms with Crippen LogP contribution in [0.5, 0.6) is 5.75 Å². The third kappa shape index (κ3) is 2.54. The number of aromatic hydroxyl groups is 1. The Labute approximate surface area is 95.5 Å². The van der Waals surface area contributed by atoms with Gasteiger partial charge in [0.25, 0.3) is 0 Å². The van der Waals surface area contributed by atoms with E-state index in [1.165, 1.54) is 12.1 Å². The highest BCUT2D eigenvalue weighted by Crippen LogP contribution is 2.30. The van der Waals surface area contributed by atoms with Crippen molar-refractivity contribution in [2.24, 2.45) is 0 Å². The molecule has 0 amide bonds. The zero-order chi connectivity index (χ0) is 12.5. The van der Waals surface area contributed by atoms with Gasteiger partial charge >= 0.3 is 0 Å². The molecule has 0 saturated heterocycles. The Hall–Kier alpha value is -1.07. The van der Waals surface area contributed by atoms with Crippen molar-refractivity contribution in [3.63, 3.8) is 0 Å². The summed E-state index contributed by atoms with van der Waals surface area (Å²) < 4.78 is 23.1. The number of rotatable bonds is 3. The van der Waals surface area contributed by atoms with Crippen molar-refractivity contribution >= 4 is 9.84 Å². The fraction of sp³-hybridized carbons (Fsp3) is 0.455. The summed E-state index contributed by atoms with van der Waals surface area (Å²) in [6.07, 6.45) is 1.12. The molecule has 90 valence electrons. The lowest BCUT2D eigenvalue weighted by molar-refractivity contribution is 0.271. The molecule has 0 spiro atoms. The van der Waals surface area contributed by atoms with Crippen molar-refractivity contribution in [1.29, 1.82) is 0 Å². The molecule has 16 heavy (non-hydrogen) atoms. The lowest BCUT2D eigenvalue weighted by Gasteiger charge is -2.15. The van der Waals surface area contributed by atoms with Crippen LogP contribution in [0.1, 0.15) is 24.0 Å². The van der Waals surface area contributed by atoms with Crippen LogP contribution in [-0.4, -0.2) is 31.5 Å². The largest absolute Gasteiger partial charge is 0.508 e. The standard InChI is InChI=1S/C11H16O4S/c1-7-4-11(16(3,14)15)9(5-10(7)13)8(2)6-12/h4-5,8,12-13H,6H2,1-3H3. The molecule has 1 rings (SSSR count). The molecule has 0 aliphatic carbocycles. The second-order valence-electron chi connectivity index (χ2n) is 4.03. The van der Waals surface area contributed by atoms with Crippen LogP contribution < -0.4 is 0 Å². The Balaban J connectivity index is 3.52. The molecule has 0 saturated carbocycles. The van der Waals surface area contributed by atoms with Crippen molar-refractivity contribution in [3.8, 4) is 5.75 Å². The molecule has 1 unspecified atom stereocenters. The van der Waals surface area contributed by atoms with E-state index in [4.69, 9.17) is 5.11 Å². The van der Waals surface area contributed by atoms with Crippen LogP contribution >= 0.6 is 0 Å². The van der Waals surface area contributed by atoms with E-state index in [0.29, 0.717) is 11.1 Å². The molecule has 1 aromatic rings. The van der Waals surface area contributed by atoms with Gasteiger partial charge in [-0.2, -0.15) is 0 Å². The van der Waals surface area contributed by atoms with Gasteiger partial charge in [0.05, 0.1) is 4.90 Å². The van der Waals surface area contributed by atoms with Crippen molar-refractivity contribution in [1.82, 2.24) is 0 Å². The number of hydrogen-bond donors (Lipinski definition) is 2. The highest BCUT2D eigenvalue weighted by Gasteiger charge is 2.19. The normalized spacial score (nSPS) is 13.8. The smallest absolute Gasteiger partial charge is 0.175 e. The molecule has 0 aliphatic heterocycles. The average molecular weight is 244 g/mol. The summed E-state index contributed by atoms with van der Waals surface area (Å²) in [5, 5.41) is 18.6. The second kappa shape index (κ2) is 4.43. The maximum Gasteiger partial charge on any atom is 0.175 e. The van der Waals surface area contributed by atoms with Gasteiger partial charge in [0.1, 0.15) is 5.75 Å². The molecular formula is C11H16O4S. The zero-order valence-electron chi connectivity index (χ0n) is 9.56. The molecule has 0 heterocycles. The Bertz CT molecular complexity index is 491. The quantitative estimate of drug-likeness (QED) is 0.837. The van der Waals surface area contributed by atoms with Gasteiger partial charge in [0, 0.05) is 18.8 Å². The van der Waals surface area contributed by atoms with Gasteiger partial charge in [-0.3, -0.25) is 0 Å². The first-order chi connectivity index (χ1) is 7.27. The molecule has 2 N–H and O–H groups in total. The van der Waals surface area contributed by atoms with Crippen molar-refractivity contribution < 1.29 is 18.6 Å². The number of phenolic OH excluding ortho intramolecular Hbond substituents is 1. The first-order valence-electron chi connectivity index (χ1n) is 4.91. The molecule has 1 aromatic carbocycles. The molecule has 0 bridgehead atoms. The van der Waals surface area contributed by atoms with Crippen LogP contribution in [0.3, 0.4) is 0 Å². The van der Waals surface area contributed by atoms with Gasteiger partial charge < -0.3 is 10.2 Å². The highest BCUT2D eigenvalue weighted by molar-refractivity contribution is 7.90. The summed E-state index contributed by atoms with van der Waals surface area (Å²) in [6.45, 7) is 3.18. The Morgan fingerprint density at radius 1 is 1.38 bits per heavy atom. The Morgan fingerprint density at radius 3 is 2.38 bits per heavy atom. The number of aryl methyl sites for hydroxylation is 1. The molecule has 0 aliphatic rings. The van der Waals surface area contributed by atoms with Crippen LogP contribution in [0.4, 0.5) is 0 Å². The molecule has 0 fully saturated rings. The molecule has 0 radical (unpaired) electrons. The number of benzene rings is 1. The number of aliphatic hydroxyl groups excluding tert-OH is 1. The highest BCUT2D eigenvalue weighted by atomic mass is 32.2. The first-order valence-corrected chi connectivity index (χ1v) is 6.81.